The van der Waals surface area contributed by atoms with E-state index in [1.807, 2.05) is 0 Å². The number of rotatable bonds is 2. The van der Waals surface area contributed by atoms with Crippen LogP contribution in [0.25, 0.3) is 5.69 Å². The van der Waals surface area contributed by atoms with Gasteiger partial charge in [0, 0.05) is 6.92 Å². The Morgan fingerprint density at radius 1 is 1.40 bits per heavy atom. The van der Waals surface area contributed by atoms with Crippen molar-refractivity contribution in [2.45, 2.75) is 6.92 Å². The number of Topliss-reactive ketones (excluding diaryl/α,β-unsaturated/α-hetero) is 1. The summed E-state index contributed by atoms with van der Waals surface area (Å²) in [5, 5.41) is 17.0. The Morgan fingerprint density at radius 3 is 2.80 bits per heavy atom. The number of nitrogens with zero attached hydrogens (tertiary/aromatic N) is 3. The van der Waals surface area contributed by atoms with Gasteiger partial charge in [0.1, 0.15) is 17.1 Å². The summed E-state index contributed by atoms with van der Waals surface area (Å²) in [5.74, 6) is -0.0891. The maximum atomic E-state index is 11.2. The number of carbonyl (C=O) groups excluding carboxylic acids is 1. The molecular formula is C10H9N3O2. The van der Waals surface area contributed by atoms with Crippen molar-refractivity contribution in [2.75, 3.05) is 0 Å². The minimum absolute atomic E-state index is 0.0606. The van der Waals surface area contributed by atoms with Gasteiger partial charge in [0.15, 0.2) is 5.78 Å². The molecule has 2 aromatic rings. The van der Waals surface area contributed by atoms with Gasteiger partial charge in [-0.3, -0.25) is 4.79 Å². The van der Waals surface area contributed by atoms with Crippen LogP contribution in [0.3, 0.4) is 0 Å². The van der Waals surface area contributed by atoms with Gasteiger partial charge in [-0.25, -0.2) is 4.68 Å². The molecule has 0 amide bonds. The molecule has 0 bridgehead atoms. The minimum atomic E-state index is -0.150. The van der Waals surface area contributed by atoms with E-state index in [1.54, 1.807) is 18.2 Å². The summed E-state index contributed by atoms with van der Waals surface area (Å²) < 4.78 is 1.32. The molecule has 0 aliphatic carbocycles. The fraction of sp³-hybridized carbons (Fsp3) is 0.100. The van der Waals surface area contributed by atoms with Gasteiger partial charge in [-0.2, -0.15) is 0 Å². The van der Waals surface area contributed by atoms with E-state index in [9.17, 15) is 9.90 Å². The van der Waals surface area contributed by atoms with E-state index in [1.165, 1.54) is 23.9 Å². The number of hydrogen-bond acceptors (Lipinski definition) is 4. The molecule has 0 spiro atoms. The van der Waals surface area contributed by atoms with Crippen molar-refractivity contribution >= 4 is 5.78 Å². The van der Waals surface area contributed by atoms with Gasteiger partial charge in [-0.15, -0.1) is 5.10 Å². The number of para-hydroxylation sites is 2. The molecule has 0 radical (unpaired) electrons. The molecule has 0 aliphatic heterocycles. The number of aromatic nitrogens is 3. The predicted octanol–water partition coefficient (Wildman–Crippen LogP) is 1.18. The van der Waals surface area contributed by atoms with Crippen LogP contribution in [-0.2, 0) is 0 Å². The second-order valence-electron chi connectivity index (χ2n) is 3.08. The van der Waals surface area contributed by atoms with E-state index in [0.717, 1.165) is 0 Å². The highest BCUT2D eigenvalue weighted by molar-refractivity contribution is 5.92. The number of carbonyl (C=O) groups is 1. The summed E-state index contributed by atoms with van der Waals surface area (Å²) in [5.41, 5.74) is 0.789. The van der Waals surface area contributed by atoms with Gasteiger partial charge in [0.05, 0.1) is 6.20 Å². The average molecular weight is 203 g/mol. The summed E-state index contributed by atoms with van der Waals surface area (Å²) in [6.07, 6.45) is 1.37. The summed E-state index contributed by atoms with van der Waals surface area (Å²) in [6, 6.07) is 6.64. The molecular weight excluding hydrogens is 194 g/mol. The zero-order chi connectivity index (χ0) is 10.8. The van der Waals surface area contributed by atoms with Crippen LogP contribution in [0, 0.1) is 0 Å². The zero-order valence-electron chi connectivity index (χ0n) is 8.08. The SMILES string of the molecule is CC(=O)c1cnnn1-c1ccccc1O. The molecule has 1 aromatic heterocycles. The lowest BCUT2D eigenvalue weighted by Crippen LogP contribution is -2.06. The monoisotopic (exact) mass is 203 g/mol. The van der Waals surface area contributed by atoms with Crippen molar-refractivity contribution < 1.29 is 9.90 Å². The number of benzene rings is 1. The molecule has 5 nitrogen and oxygen atoms in total. The molecule has 0 saturated carbocycles. The third kappa shape index (κ3) is 1.59. The normalized spacial score (nSPS) is 10.2. The van der Waals surface area contributed by atoms with Crippen LogP contribution >= 0.6 is 0 Å². The van der Waals surface area contributed by atoms with Crippen LogP contribution in [-0.4, -0.2) is 25.9 Å². The zero-order valence-corrected chi connectivity index (χ0v) is 8.08. The summed E-state index contributed by atoms with van der Waals surface area (Å²) in [6.45, 7) is 1.43. The molecule has 5 heteroatoms. The van der Waals surface area contributed by atoms with Gasteiger partial charge in [-0.1, -0.05) is 17.3 Å². The highest BCUT2D eigenvalue weighted by atomic mass is 16.3. The molecule has 2 rings (SSSR count). The Labute approximate surface area is 86.0 Å². The van der Waals surface area contributed by atoms with Crippen LogP contribution in [0.4, 0.5) is 0 Å². The average Bonchev–Trinajstić information content (AvgIpc) is 2.67. The van der Waals surface area contributed by atoms with Gasteiger partial charge < -0.3 is 5.11 Å². The lowest BCUT2D eigenvalue weighted by atomic mass is 10.2. The van der Waals surface area contributed by atoms with Gasteiger partial charge >= 0.3 is 0 Å². The first-order valence-corrected chi connectivity index (χ1v) is 4.40. The van der Waals surface area contributed by atoms with E-state index in [-0.39, 0.29) is 11.5 Å². The van der Waals surface area contributed by atoms with Gasteiger partial charge in [-0.05, 0) is 12.1 Å². The van der Waals surface area contributed by atoms with E-state index < -0.39 is 0 Å². The number of phenols is 1. The number of hydrogen-bond donors (Lipinski definition) is 1. The van der Waals surface area contributed by atoms with Crippen LogP contribution in [0.2, 0.25) is 0 Å². The largest absolute Gasteiger partial charge is 0.506 e. The van der Waals surface area contributed by atoms with Gasteiger partial charge in [0.2, 0.25) is 0 Å². The van der Waals surface area contributed by atoms with E-state index in [2.05, 4.69) is 10.3 Å². The van der Waals surface area contributed by atoms with Crippen LogP contribution in [0.5, 0.6) is 5.75 Å². The molecule has 15 heavy (non-hydrogen) atoms. The Bertz CT molecular complexity index is 505. The smallest absolute Gasteiger partial charge is 0.179 e. The van der Waals surface area contributed by atoms with Crippen LogP contribution in [0.1, 0.15) is 17.4 Å². The standard InChI is InChI=1S/C10H9N3O2/c1-7(14)9-6-11-12-13(9)8-4-2-3-5-10(8)15/h2-6,15H,1H3. The second-order valence-corrected chi connectivity index (χ2v) is 3.08. The Morgan fingerprint density at radius 2 is 2.13 bits per heavy atom. The van der Waals surface area contributed by atoms with Crippen molar-refractivity contribution in [1.29, 1.82) is 0 Å². The number of phenolic OH excluding ortho intramolecular Hbond substituents is 1. The maximum Gasteiger partial charge on any atom is 0.179 e. The van der Waals surface area contributed by atoms with Crippen molar-refractivity contribution in [3.05, 3.63) is 36.2 Å². The molecule has 76 valence electrons. The Balaban J connectivity index is 2.59. The van der Waals surface area contributed by atoms with E-state index in [4.69, 9.17) is 0 Å². The molecule has 0 aliphatic rings. The summed E-state index contributed by atoms with van der Waals surface area (Å²) in [4.78, 5) is 11.2. The predicted molar refractivity (Wildman–Crippen MR) is 53.0 cm³/mol. The van der Waals surface area contributed by atoms with Crippen molar-refractivity contribution in [3.8, 4) is 11.4 Å². The highest BCUT2D eigenvalue weighted by Gasteiger charge is 2.12. The maximum absolute atomic E-state index is 11.2. The first-order valence-electron chi connectivity index (χ1n) is 4.40. The highest BCUT2D eigenvalue weighted by Crippen LogP contribution is 2.20. The lowest BCUT2D eigenvalue weighted by Gasteiger charge is -2.05. The number of ketones is 1. The first-order chi connectivity index (χ1) is 7.20. The molecule has 0 unspecified atom stereocenters. The Hall–Kier alpha value is -2.17. The lowest BCUT2D eigenvalue weighted by molar-refractivity contribution is 0.101. The van der Waals surface area contributed by atoms with Gasteiger partial charge in [0.25, 0.3) is 0 Å². The minimum Gasteiger partial charge on any atom is -0.506 e. The van der Waals surface area contributed by atoms with Crippen LogP contribution < -0.4 is 0 Å². The van der Waals surface area contributed by atoms with Crippen molar-refractivity contribution in [2.24, 2.45) is 0 Å². The molecule has 0 fully saturated rings. The summed E-state index contributed by atoms with van der Waals surface area (Å²) in [7, 11) is 0. The van der Waals surface area contributed by atoms with Crippen LogP contribution in [0.15, 0.2) is 30.5 Å². The topological polar surface area (TPSA) is 68.0 Å². The van der Waals surface area contributed by atoms with E-state index >= 15 is 0 Å². The molecule has 1 heterocycles. The molecule has 1 aromatic carbocycles. The quantitative estimate of drug-likeness (QED) is 0.744. The third-order valence-electron chi connectivity index (χ3n) is 2.02. The summed E-state index contributed by atoms with van der Waals surface area (Å²) >= 11 is 0. The molecule has 0 atom stereocenters. The molecule has 1 N–H and O–H groups in total. The second kappa shape index (κ2) is 3.53. The third-order valence-corrected chi connectivity index (χ3v) is 2.02. The van der Waals surface area contributed by atoms with Crippen molar-refractivity contribution in [1.82, 2.24) is 15.0 Å². The Kier molecular flexibility index (Phi) is 2.21. The fourth-order valence-electron chi connectivity index (χ4n) is 1.30. The number of aromatic hydroxyl groups is 1. The first kappa shape index (κ1) is 9.39. The molecule has 0 saturated heterocycles. The van der Waals surface area contributed by atoms with Crippen molar-refractivity contribution in [3.63, 3.8) is 0 Å². The van der Waals surface area contributed by atoms with E-state index in [0.29, 0.717) is 11.4 Å². The fourth-order valence-corrected chi connectivity index (χ4v) is 1.30.